The second-order valence-corrected chi connectivity index (χ2v) is 3.79. The van der Waals surface area contributed by atoms with E-state index in [4.69, 9.17) is 0 Å². The summed E-state index contributed by atoms with van der Waals surface area (Å²) in [6.45, 7) is 1.68. The fraction of sp³-hybridized carbons (Fsp3) is 0.154. The minimum absolute atomic E-state index is 0.0507. The first-order valence-corrected chi connectivity index (χ1v) is 5.55. The average molecular weight is 243 g/mol. The maximum atomic E-state index is 11.8. The van der Waals surface area contributed by atoms with Gasteiger partial charge < -0.3 is 5.32 Å². The van der Waals surface area contributed by atoms with Crippen molar-refractivity contribution >= 4 is 11.8 Å². The molecule has 18 heavy (non-hydrogen) atoms. The van der Waals surface area contributed by atoms with Gasteiger partial charge in [0.15, 0.2) is 0 Å². The Bertz CT molecular complexity index is 561. The Morgan fingerprint density at radius 2 is 2.00 bits per heavy atom. The van der Waals surface area contributed by atoms with E-state index in [9.17, 15) is 9.59 Å². The Labute approximate surface area is 104 Å². The molecule has 0 aliphatic rings. The van der Waals surface area contributed by atoms with E-state index in [0.29, 0.717) is 11.4 Å². The smallest absolute Gasteiger partial charge is 0.251 e. The van der Waals surface area contributed by atoms with Crippen molar-refractivity contribution in [2.24, 2.45) is 0 Å². The van der Waals surface area contributed by atoms with Crippen LogP contribution in [0.4, 0.5) is 0 Å². The van der Waals surface area contributed by atoms with Gasteiger partial charge in [0.25, 0.3) is 11.8 Å². The predicted molar refractivity (Wildman–Crippen MR) is 66.4 cm³/mol. The summed E-state index contributed by atoms with van der Waals surface area (Å²) in [5.74, 6) is 0.130. The van der Waals surface area contributed by atoms with Crippen LogP contribution >= 0.6 is 0 Å². The fourth-order valence-corrected chi connectivity index (χ4v) is 1.57. The fourth-order valence-electron chi connectivity index (χ4n) is 1.57. The van der Waals surface area contributed by atoms with Crippen molar-refractivity contribution in [3.05, 3.63) is 54.1 Å². The highest BCUT2D eigenvalue weighted by Gasteiger charge is 2.10. The number of carbonyl (C=O) groups is 2. The van der Waals surface area contributed by atoms with Crippen molar-refractivity contribution in [3.8, 4) is 0 Å². The van der Waals surface area contributed by atoms with Crippen molar-refractivity contribution < 1.29 is 9.59 Å². The topological polar surface area (TPSA) is 64.0 Å². The lowest BCUT2D eigenvalue weighted by molar-refractivity contribution is 0.0859. The van der Waals surface area contributed by atoms with E-state index in [1.807, 2.05) is 6.07 Å². The first-order chi connectivity index (χ1) is 8.68. The normalized spacial score (nSPS) is 10.1. The number of rotatable bonds is 3. The molecule has 1 amide bonds. The maximum absolute atomic E-state index is 11.8. The van der Waals surface area contributed by atoms with E-state index in [1.165, 1.54) is 4.57 Å². The van der Waals surface area contributed by atoms with Crippen LogP contribution in [0.5, 0.6) is 0 Å². The lowest BCUT2D eigenvalue weighted by atomic mass is 10.2. The second-order valence-electron chi connectivity index (χ2n) is 3.79. The number of amides is 1. The van der Waals surface area contributed by atoms with Crippen molar-refractivity contribution in [3.63, 3.8) is 0 Å². The van der Waals surface area contributed by atoms with Crippen LogP contribution in [0, 0.1) is 6.92 Å². The molecule has 0 unspecified atom stereocenters. The van der Waals surface area contributed by atoms with Crippen LogP contribution in [-0.2, 0) is 0 Å². The van der Waals surface area contributed by atoms with Crippen molar-refractivity contribution in [1.29, 1.82) is 0 Å². The molecule has 0 fully saturated rings. The van der Waals surface area contributed by atoms with Crippen LogP contribution in [-0.4, -0.2) is 27.9 Å². The third-order valence-corrected chi connectivity index (χ3v) is 2.53. The van der Waals surface area contributed by atoms with Gasteiger partial charge in [-0.1, -0.05) is 18.2 Å². The van der Waals surface area contributed by atoms with E-state index >= 15 is 0 Å². The van der Waals surface area contributed by atoms with Crippen LogP contribution < -0.4 is 5.32 Å². The first kappa shape index (κ1) is 12.0. The van der Waals surface area contributed by atoms with Crippen LogP contribution in [0.15, 0.2) is 42.7 Å². The standard InChI is InChI=1S/C13H13N3O2/c1-10-14-7-8-16(10)12(17)9-15-13(18)11-5-3-2-4-6-11/h2-8H,9H2,1H3,(H,15,18). The molecule has 5 heteroatoms. The van der Waals surface area contributed by atoms with E-state index < -0.39 is 0 Å². The van der Waals surface area contributed by atoms with Gasteiger partial charge in [0.1, 0.15) is 5.82 Å². The zero-order valence-electron chi connectivity index (χ0n) is 9.96. The number of carbonyl (C=O) groups excluding carboxylic acids is 2. The van der Waals surface area contributed by atoms with Gasteiger partial charge in [-0.3, -0.25) is 14.2 Å². The Balaban J connectivity index is 1.95. The number of benzene rings is 1. The number of hydrogen-bond acceptors (Lipinski definition) is 3. The molecule has 2 rings (SSSR count). The summed E-state index contributed by atoms with van der Waals surface area (Å²) in [7, 11) is 0. The highest BCUT2D eigenvalue weighted by molar-refractivity contribution is 5.96. The number of aromatic nitrogens is 2. The molecule has 1 N–H and O–H groups in total. The highest BCUT2D eigenvalue weighted by Crippen LogP contribution is 1.98. The predicted octanol–water partition coefficient (Wildman–Crippen LogP) is 1.26. The monoisotopic (exact) mass is 243 g/mol. The van der Waals surface area contributed by atoms with Crippen molar-refractivity contribution in [2.75, 3.05) is 6.54 Å². The number of hydrogen-bond donors (Lipinski definition) is 1. The zero-order chi connectivity index (χ0) is 13.0. The molecule has 0 radical (unpaired) electrons. The molecule has 0 saturated heterocycles. The van der Waals surface area contributed by atoms with E-state index in [-0.39, 0.29) is 18.4 Å². The summed E-state index contributed by atoms with van der Waals surface area (Å²) in [6, 6.07) is 8.77. The quantitative estimate of drug-likeness (QED) is 0.882. The summed E-state index contributed by atoms with van der Waals surface area (Å²) in [4.78, 5) is 27.4. The lowest BCUT2D eigenvalue weighted by Crippen LogP contribution is -2.32. The van der Waals surface area contributed by atoms with Gasteiger partial charge in [-0.25, -0.2) is 4.98 Å². The van der Waals surface area contributed by atoms with Gasteiger partial charge in [0.2, 0.25) is 0 Å². The van der Waals surface area contributed by atoms with E-state index in [1.54, 1.807) is 43.6 Å². The van der Waals surface area contributed by atoms with Gasteiger partial charge >= 0.3 is 0 Å². The average Bonchev–Trinajstić information content (AvgIpc) is 2.83. The third kappa shape index (κ3) is 2.63. The van der Waals surface area contributed by atoms with Crippen molar-refractivity contribution in [1.82, 2.24) is 14.9 Å². The molecule has 0 atom stereocenters. The molecule has 5 nitrogen and oxygen atoms in total. The molecule has 1 aromatic heterocycles. The highest BCUT2D eigenvalue weighted by atomic mass is 16.2. The van der Waals surface area contributed by atoms with Gasteiger partial charge in [0.05, 0.1) is 6.54 Å². The van der Waals surface area contributed by atoms with Gasteiger partial charge in [-0.05, 0) is 19.1 Å². The zero-order valence-corrected chi connectivity index (χ0v) is 9.96. The molecule has 0 aliphatic heterocycles. The number of aryl methyl sites for hydroxylation is 1. The second kappa shape index (κ2) is 5.27. The molecule has 0 bridgehead atoms. The summed E-state index contributed by atoms with van der Waals surface area (Å²) in [5, 5.41) is 2.58. The summed E-state index contributed by atoms with van der Waals surface area (Å²) < 4.78 is 1.41. The SMILES string of the molecule is Cc1nccn1C(=O)CNC(=O)c1ccccc1. The Morgan fingerprint density at radius 3 is 2.61 bits per heavy atom. The van der Waals surface area contributed by atoms with Gasteiger partial charge in [0, 0.05) is 18.0 Å². The van der Waals surface area contributed by atoms with Crippen LogP contribution in [0.2, 0.25) is 0 Å². The number of nitrogens with one attached hydrogen (secondary N) is 1. The number of imidazole rings is 1. The summed E-state index contributed by atoms with van der Waals surface area (Å²) >= 11 is 0. The Kier molecular flexibility index (Phi) is 3.52. The molecule has 92 valence electrons. The van der Waals surface area contributed by atoms with E-state index in [0.717, 1.165) is 0 Å². The summed E-state index contributed by atoms with van der Waals surface area (Å²) in [6.07, 6.45) is 3.12. The van der Waals surface area contributed by atoms with Crippen molar-refractivity contribution in [2.45, 2.75) is 6.92 Å². The molecular weight excluding hydrogens is 230 g/mol. The largest absolute Gasteiger partial charge is 0.343 e. The molecule has 1 heterocycles. The van der Waals surface area contributed by atoms with Crippen LogP contribution in [0.3, 0.4) is 0 Å². The van der Waals surface area contributed by atoms with Crippen LogP contribution in [0.25, 0.3) is 0 Å². The van der Waals surface area contributed by atoms with E-state index in [2.05, 4.69) is 10.3 Å². The molecular formula is C13H13N3O2. The first-order valence-electron chi connectivity index (χ1n) is 5.55. The Hall–Kier alpha value is -2.43. The molecule has 0 saturated carbocycles. The lowest BCUT2D eigenvalue weighted by Gasteiger charge is -2.06. The molecule has 1 aromatic carbocycles. The minimum Gasteiger partial charge on any atom is -0.343 e. The minimum atomic E-state index is -0.262. The van der Waals surface area contributed by atoms with Crippen LogP contribution in [0.1, 0.15) is 21.0 Å². The summed E-state index contributed by atoms with van der Waals surface area (Å²) in [5.41, 5.74) is 0.535. The van der Waals surface area contributed by atoms with Gasteiger partial charge in [-0.15, -0.1) is 0 Å². The maximum Gasteiger partial charge on any atom is 0.251 e. The molecule has 2 aromatic rings. The van der Waals surface area contributed by atoms with Gasteiger partial charge in [-0.2, -0.15) is 0 Å². The number of nitrogens with zero attached hydrogens (tertiary/aromatic N) is 2. The Morgan fingerprint density at radius 1 is 1.28 bits per heavy atom. The third-order valence-electron chi connectivity index (χ3n) is 2.53. The molecule has 0 aliphatic carbocycles. The molecule has 0 spiro atoms.